The molecule has 0 fully saturated rings. The second-order valence-electron chi connectivity index (χ2n) is 7.69. The van der Waals surface area contributed by atoms with Crippen molar-refractivity contribution in [1.29, 1.82) is 0 Å². The molecule has 7 heteroatoms. The Morgan fingerprint density at radius 2 is 1.82 bits per heavy atom. The lowest BCUT2D eigenvalue weighted by Gasteiger charge is -2.16. The zero-order valence-corrected chi connectivity index (χ0v) is 18.8. The summed E-state index contributed by atoms with van der Waals surface area (Å²) in [7, 11) is 0. The van der Waals surface area contributed by atoms with Gasteiger partial charge in [-0.2, -0.15) is 0 Å². The summed E-state index contributed by atoms with van der Waals surface area (Å²) in [5, 5.41) is 3.66. The number of aryl methyl sites for hydroxylation is 1. The third-order valence-electron chi connectivity index (χ3n) is 5.23. The van der Waals surface area contributed by atoms with Crippen molar-refractivity contribution in [3.63, 3.8) is 0 Å². The standard InChI is InChI=1S/C26H20N2O4S/c1-15-12-13-19-21(14-15)33-26(27-19)28-25(30)16(2)31-24-22(29)18-10-6-7-11-20(18)32-23(24)17-8-4-3-5-9-17/h3-14,16H,1-2H3,(H,27,28,30). The summed E-state index contributed by atoms with van der Waals surface area (Å²) in [5.74, 6) is -0.116. The molecule has 0 aliphatic heterocycles. The van der Waals surface area contributed by atoms with E-state index in [1.54, 1.807) is 31.2 Å². The quantitative estimate of drug-likeness (QED) is 0.362. The lowest BCUT2D eigenvalue weighted by atomic mass is 10.1. The molecule has 6 nitrogen and oxygen atoms in total. The fourth-order valence-electron chi connectivity index (χ4n) is 3.53. The van der Waals surface area contributed by atoms with Crippen LogP contribution in [0.4, 0.5) is 5.13 Å². The van der Waals surface area contributed by atoms with Gasteiger partial charge >= 0.3 is 0 Å². The molecule has 5 rings (SSSR count). The minimum atomic E-state index is -0.953. The molecule has 1 unspecified atom stereocenters. The van der Waals surface area contributed by atoms with Gasteiger partial charge in [0.25, 0.3) is 5.91 Å². The maximum atomic E-state index is 13.3. The first kappa shape index (κ1) is 20.9. The summed E-state index contributed by atoms with van der Waals surface area (Å²) < 4.78 is 13.0. The van der Waals surface area contributed by atoms with Crippen molar-refractivity contribution < 1.29 is 13.9 Å². The van der Waals surface area contributed by atoms with Crippen LogP contribution in [0.1, 0.15) is 12.5 Å². The van der Waals surface area contributed by atoms with Gasteiger partial charge in [-0.05, 0) is 43.7 Å². The molecule has 1 atom stereocenters. The normalized spacial score (nSPS) is 12.1. The summed E-state index contributed by atoms with van der Waals surface area (Å²) in [6.07, 6.45) is -0.953. The number of fused-ring (bicyclic) bond motifs is 2. The molecule has 33 heavy (non-hydrogen) atoms. The largest absolute Gasteiger partial charge is 0.473 e. The van der Waals surface area contributed by atoms with Gasteiger partial charge in [-0.3, -0.25) is 14.9 Å². The average molecular weight is 457 g/mol. The second kappa shape index (κ2) is 8.52. The molecule has 0 aliphatic carbocycles. The number of nitrogens with one attached hydrogen (secondary N) is 1. The van der Waals surface area contributed by atoms with E-state index in [-0.39, 0.29) is 16.9 Å². The van der Waals surface area contributed by atoms with E-state index in [0.717, 1.165) is 15.8 Å². The molecule has 0 spiro atoms. The Balaban J connectivity index is 1.47. The lowest BCUT2D eigenvalue weighted by Crippen LogP contribution is -2.31. The van der Waals surface area contributed by atoms with Crippen LogP contribution in [-0.4, -0.2) is 17.0 Å². The van der Waals surface area contributed by atoms with Crippen molar-refractivity contribution in [2.24, 2.45) is 0 Å². The SMILES string of the molecule is Cc1ccc2nc(NC(=O)C(C)Oc3c(-c4ccccc4)oc4ccccc4c3=O)sc2c1. The number of ether oxygens (including phenoxy) is 1. The highest BCUT2D eigenvalue weighted by Gasteiger charge is 2.23. The number of aromatic nitrogens is 1. The zero-order valence-electron chi connectivity index (χ0n) is 18.0. The Kier molecular flexibility index (Phi) is 5.40. The molecule has 1 amide bonds. The van der Waals surface area contributed by atoms with Gasteiger partial charge in [-0.15, -0.1) is 0 Å². The minimum absolute atomic E-state index is 0.00229. The van der Waals surface area contributed by atoms with Crippen molar-refractivity contribution in [2.45, 2.75) is 20.0 Å². The summed E-state index contributed by atoms with van der Waals surface area (Å²) >= 11 is 1.39. The van der Waals surface area contributed by atoms with Crippen LogP contribution in [-0.2, 0) is 4.79 Å². The number of para-hydroxylation sites is 1. The van der Waals surface area contributed by atoms with E-state index in [2.05, 4.69) is 10.3 Å². The van der Waals surface area contributed by atoms with Crippen molar-refractivity contribution in [3.8, 4) is 17.1 Å². The second-order valence-corrected chi connectivity index (χ2v) is 8.72. The molecule has 2 heterocycles. The Morgan fingerprint density at radius 1 is 1.06 bits per heavy atom. The Hall–Kier alpha value is -3.97. The highest BCUT2D eigenvalue weighted by Crippen LogP contribution is 2.32. The van der Waals surface area contributed by atoms with Crippen LogP contribution in [0, 0.1) is 6.92 Å². The molecule has 3 aromatic carbocycles. The van der Waals surface area contributed by atoms with Crippen molar-refractivity contribution in [1.82, 2.24) is 4.98 Å². The first-order valence-corrected chi connectivity index (χ1v) is 11.3. The predicted molar refractivity (Wildman–Crippen MR) is 131 cm³/mol. The molecule has 0 saturated carbocycles. The Morgan fingerprint density at radius 3 is 2.64 bits per heavy atom. The topological polar surface area (TPSA) is 81.4 Å². The number of thiazole rings is 1. The number of carbonyl (C=O) groups is 1. The smallest absolute Gasteiger partial charge is 0.266 e. The molecule has 0 bridgehead atoms. The highest BCUT2D eigenvalue weighted by atomic mass is 32.1. The van der Waals surface area contributed by atoms with Crippen LogP contribution in [0.2, 0.25) is 0 Å². The van der Waals surface area contributed by atoms with Gasteiger partial charge in [-0.25, -0.2) is 4.98 Å². The van der Waals surface area contributed by atoms with Crippen molar-refractivity contribution in [2.75, 3.05) is 5.32 Å². The fraction of sp³-hybridized carbons (Fsp3) is 0.115. The molecule has 0 saturated heterocycles. The molecule has 2 aromatic heterocycles. The highest BCUT2D eigenvalue weighted by molar-refractivity contribution is 7.22. The van der Waals surface area contributed by atoms with Crippen LogP contribution in [0.5, 0.6) is 5.75 Å². The average Bonchev–Trinajstić information content (AvgIpc) is 3.22. The van der Waals surface area contributed by atoms with Crippen molar-refractivity contribution >= 4 is 43.6 Å². The number of carbonyl (C=O) groups excluding carboxylic acids is 1. The lowest BCUT2D eigenvalue weighted by molar-refractivity contribution is -0.122. The molecule has 1 N–H and O–H groups in total. The van der Waals surface area contributed by atoms with Gasteiger partial charge in [0.1, 0.15) is 5.58 Å². The first-order chi connectivity index (χ1) is 16.0. The maximum absolute atomic E-state index is 13.3. The van der Waals surface area contributed by atoms with Gasteiger partial charge in [0, 0.05) is 5.56 Å². The monoisotopic (exact) mass is 456 g/mol. The third kappa shape index (κ3) is 4.10. The van der Waals surface area contributed by atoms with Gasteiger partial charge in [-0.1, -0.05) is 59.9 Å². The van der Waals surface area contributed by atoms with Crippen molar-refractivity contribution in [3.05, 3.63) is 88.6 Å². The number of amides is 1. The minimum Gasteiger partial charge on any atom is -0.473 e. The van der Waals surface area contributed by atoms with E-state index >= 15 is 0 Å². The maximum Gasteiger partial charge on any atom is 0.266 e. The molecular formula is C26H20N2O4S. The summed E-state index contributed by atoms with van der Waals surface area (Å²) in [6, 6.07) is 22.1. The van der Waals surface area contributed by atoms with Gasteiger partial charge < -0.3 is 9.15 Å². The first-order valence-electron chi connectivity index (χ1n) is 10.5. The Labute approximate surface area is 193 Å². The fourth-order valence-corrected chi connectivity index (χ4v) is 4.50. The van der Waals surface area contributed by atoms with Crippen LogP contribution in [0.15, 0.2) is 82.0 Å². The van der Waals surface area contributed by atoms with Gasteiger partial charge in [0.15, 0.2) is 17.0 Å². The van der Waals surface area contributed by atoms with Gasteiger partial charge in [0.2, 0.25) is 11.2 Å². The van der Waals surface area contributed by atoms with E-state index in [4.69, 9.17) is 9.15 Å². The number of rotatable bonds is 5. The molecule has 0 aliphatic rings. The zero-order chi connectivity index (χ0) is 22.9. The third-order valence-corrected chi connectivity index (χ3v) is 6.16. The van der Waals surface area contributed by atoms with E-state index in [0.29, 0.717) is 21.7 Å². The molecule has 5 aromatic rings. The van der Waals surface area contributed by atoms with Crippen LogP contribution >= 0.6 is 11.3 Å². The number of nitrogens with zero attached hydrogens (tertiary/aromatic N) is 1. The molecule has 0 radical (unpaired) electrons. The van der Waals surface area contributed by atoms with E-state index in [1.165, 1.54) is 11.3 Å². The van der Waals surface area contributed by atoms with Crippen LogP contribution in [0.25, 0.3) is 32.5 Å². The predicted octanol–water partition coefficient (Wildman–Crippen LogP) is 5.78. The number of hydrogen-bond donors (Lipinski definition) is 1. The summed E-state index contributed by atoms with van der Waals surface area (Å²) in [5.41, 5.74) is 2.75. The van der Waals surface area contributed by atoms with Crippen LogP contribution < -0.4 is 15.5 Å². The molecular weight excluding hydrogens is 436 g/mol. The van der Waals surface area contributed by atoms with E-state index in [1.807, 2.05) is 55.5 Å². The van der Waals surface area contributed by atoms with Crippen LogP contribution in [0.3, 0.4) is 0 Å². The number of anilines is 1. The summed E-state index contributed by atoms with van der Waals surface area (Å²) in [4.78, 5) is 30.6. The number of hydrogen-bond acceptors (Lipinski definition) is 6. The Bertz CT molecular complexity index is 1540. The van der Waals surface area contributed by atoms with E-state index < -0.39 is 12.0 Å². The summed E-state index contributed by atoms with van der Waals surface area (Å²) in [6.45, 7) is 3.60. The molecule has 164 valence electrons. The van der Waals surface area contributed by atoms with E-state index in [9.17, 15) is 9.59 Å². The number of benzene rings is 3. The van der Waals surface area contributed by atoms with Gasteiger partial charge in [0.05, 0.1) is 15.6 Å².